The molecule has 140 valence electrons. The third-order valence-electron chi connectivity index (χ3n) is 3.72. The lowest BCUT2D eigenvalue weighted by Gasteiger charge is -2.35. The van der Waals surface area contributed by atoms with Crippen LogP contribution in [0, 0.1) is 0 Å². The predicted octanol–water partition coefficient (Wildman–Crippen LogP) is 5.28. The number of nitrogens with zero attached hydrogens (tertiary/aromatic N) is 1. The summed E-state index contributed by atoms with van der Waals surface area (Å²) < 4.78 is 44.4. The van der Waals surface area contributed by atoms with Crippen molar-refractivity contribution in [3.05, 3.63) is 28.2 Å². The fraction of sp³-hybridized carbons (Fsp3) is 0.588. The number of carbonyl (C=O) groups is 1. The van der Waals surface area contributed by atoms with Gasteiger partial charge < -0.3 is 15.0 Å². The van der Waals surface area contributed by atoms with E-state index < -0.39 is 23.4 Å². The molecule has 8 heteroatoms. The lowest BCUT2D eigenvalue weighted by molar-refractivity contribution is -0.138. The number of ether oxygens (including phenoxy) is 1. The number of anilines is 1. The van der Waals surface area contributed by atoms with Crippen molar-refractivity contribution in [3.63, 3.8) is 0 Å². The third kappa shape index (κ3) is 5.80. The number of hydrogen-bond acceptors (Lipinski definition) is 3. The zero-order valence-electron chi connectivity index (χ0n) is 14.4. The lowest BCUT2D eigenvalue weighted by Crippen LogP contribution is -2.47. The van der Waals surface area contributed by atoms with Crippen LogP contribution >= 0.6 is 15.9 Å². The summed E-state index contributed by atoms with van der Waals surface area (Å²) in [5.41, 5.74) is -0.922. The maximum Gasteiger partial charge on any atom is 0.417 e. The van der Waals surface area contributed by atoms with Crippen LogP contribution in [0.3, 0.4) is 0 Å². The molecule has 0 saturated carbocycles. The van der Waals surface area contributed by atoms with Gasteiger partial charge >= 0.3 is 12.3 Å². The molecule has 1 aliphatic heterocycles. The van der Waals surface area contributed by atoms with Gasteiger partial charge in [0, 0.05) is 29.3 Å². The summed E-state index contributed by atoms with van der Waals surface area (Å²) in [6, 6.07) is 3.92. The van der Waals surface area contributed by atoms with E-state index in [4.69, 9.17) is 4.74 Å². The molecule has 0 bridgehead atoms. The number of piperidine rings is 1. The number of likely N-dealkylation sites (tertiary alicyclic amines) is 1. The van der Waals surface area contributed by atoms with Gasteiger partial charge in [-0.3, -0.25) is 0 Å². The van der Waals surface area contributed by atoms with E-state index in [-0.39, 0.29) is 10.5 Å². The van der Waals surface area contributed by atoms with Gasteiger partial charge in [-0.2, -0.15) is 13.2 Å². The standard InChI is InChI=1S/C17H22BrF3N2O2/c1-16(2,3)25-15(24)23-8-4-5-12(10-23)22-11-6-7-14(18)13(9-11)17(19,20)21/h6-7,9,12,22H,4-5,8,10H2,1-3H3. The van der Waals surface area contributed by atoms with Gasteiger partial charge in [-0.05, 0) is 51.8 Å². The Morgan fingerprint density at radius 3 is 2.60 bits per heavy atom. The molecule has 1 atom stereocenters. The summed E-state index contributed by atoms with van der Waals surface area (Å²) in [4.78, 5) is 13.8. The SMILES string of the molecule is CC(C)(C)OC(=O)N1CCCC(Nc2ccc(Br)c(C(F)(F)F)c2)C1. The molecule has 2 rings (SSSR count). The van der Waals surface area contributed by atoms with Crippen molar-refractivity contribution in [1.82, 2.24) is 4.90 Å². The van der Waals surface area contributed by atoms with Crippen LogP contribution in [0.1, 0.15) is 39.2 Å². The Morgan fingerprint density at radius 1 is 1.32 bits per heavy atom. The third-order valence-corrected chi connectivity index (χ3v) is 4.41. The number of halogens is 4. The Labute approximate surface area is 153 Å². The highest BCUT2D eigenvalue weighted by molar-refractivity contribution is 9.10. The summed E-state index contributed by atoms with van der Waals surface area (Å²) >= 11 is 2.93. The molecule has 1 fully saturated rings. The molecule has 1 N–H and O–H groups in total. The average molecular weight is 423 g/mol. The van der Waals surface area contributed by atoms with Crippen molar-refractivity contribution in [1.29, 1.82) is 0 Å². The molecule has 1 amide bonds. The largest absolute Gasteiger partial charge is 0.444 e. The zero-order valence-corrected chi connectivity index (χ0v) is 16.0. The second-order valence-corrected chi connectivity index (χ2v) is 7.96. The molecule has 1 aromatic carbocycles. The van der Waals surface area contributed by atoms with Gasteiger partial charge in [-0.1, -0.05) is 15.9 Å². The highest BCUT2D eigenvalue weighted by Gasteiger charge is 2.33. The molecule has 25 heavy (non-hydrogen) atoms. The quantitative estimate of drug-likeness (QED) is 0.704. The Balaban J connectivity index is 2.04. The van der Waals surface area contributed by atoms with E-state index in [0.717, 1.165) is 18.9 Å². The second-order valence-electron chi connectivity index (χ2n) is 7.10. The van der Waals surface area contributed by atoms with E-state index >= 15 is 0 Å². The lowest BCUT2D eigenvalue weighted by atomic mass is 10.1. The van der Waals surface area contributed by atoms with Crippen molar-refractivity contribution < 1.29 is 22.7 Å². The van der Waals surface area contributed by atoms with Crippen LogP contribution in [0.15, 0.2) is 22.7 Å². The average Bonchev–Trinajstić information content (AvgIpc) is 2.47. The molecule has 1 unspecified atom stereocenters. The summed E-state index contributed by atoms with van der Waals surface area (Å²) in [6.07, 6.45) is -3.28. The van der Waals surface area contributed by atoms with Crippen LogP contribution in [0.5, 0.6) is 0 Å². The van der Waals surface area contributed by atoms with Gasteiger partial charge in [0.05, 0.1) is 5.56 Å². The highest BCUT2D eigenvalue weighted by atomic mass is 79.9. The van der Waals surface area contributed by atoms with Gasteiger partial charge in [0.2, 0.25) is 0 Å². The van der Waals surface area contributed by atoms with Crippen molar-refractivity contribution in [2.45, 2.75) is 51.4 Å². The number of amides is 1. The minimum absolute atomic E-state index is 0.00424. The Kier molecular flexibility index (Phi) is 5.91. The van der Waals surface area contributed by atoms with Gasteiger partial charge in [0.15, 0.2) is 0 Å². The molecule has 0 aliphatic carbocycles. The van der Waals surface area contributed by atoms with Crippen LogP contribution in [0.2, 0.25) is 0 Å². The van der Waals surface area contributed by atoms with Crippen molar-refractivity contribution in [2.75, 3.05) is 18.4 Å². The first-order chi connectivity index (χ1) is 11.5. The summed E-state index contributed by atoms with van der Waals surface area (Å²) in [6.45, 7) is 6.37. The molecule has 1 heterocycles. The van der Waals surface area contributed by atoms with Crippen LogP contribution in [0.25, 0.3) is 0 Å². The van der Waals surface area contributed by atoms with Gasteiger partial charge in [0.25, 0.3) is 0 Å². The van der Waals surface area contributed by atoms with Gasteiger partial charge in [0.1, 0.15) is 5.60 Å². The smallest absolute Gasteiger partial charge is 0.417 e. The maximum absolute atomic E-state index is 13.0. The Morgan fingerprint density at radius 2 is 2.00 bits per heavy atom. The topological polar surface area (TPSA) is 41.6 Å². The van der Waals surface area contributed by atoms with Crippen LogP contribution in [0.4, 0.5) is 23.7 Å². The van der Waals surface area contributed by atoms with Gasteiger partial charge in [-0.25, -0.2) is 4.79 Å². The van der Waals surface area contributed by atoms with E-state index in [1.165, 1.54) is 6.07 Å². The minimum atomic E-state index is -4.42. The molecule has 1 aromatic rings. The first kappa shape index (κ1) is 19.9. The molecule has 1 aliphatic rings. The number of carbonyl (C=O) groups excluding carboxylic acids is 1. The van der Waals surface area contributed by atoms with Crippen LogP contribution < -0.4 is 5.32 Å². The molecular formula is C17H22BrF3N2O2. The predicted molar refractivity (Wildman–Crippen MR) is 93.6 cm³/mol. The minimum Gasteiger partial charge on any atom is -0.444 e. The normalized spacial score (nSPS) is 18.8. The van der Waals surface area contributed by atoms with Crippen molar-refractivity contribution in [3.8, 4) is 0 Å². The molecule has 0 spiro atoms. The van der Waals surface area contributed by atoms with E-state index in [1.807, 2.05) is 0 Å². The second kappa shape index (κ2) is 7.43. The summed E-state index contributed by atoms with van der Waals surface area (Å²) in [5, 5.41) is 3.10. The highest BCUT2D eigenvalue weighted by Crippen LogP contribution is 2.36. The Bertz CT molecular complexity index is 629. The molecule has 0 aromatic heterocycles. The van der Waals surface area contributed by atoms with E-state index in [2.05, 4.69) is 21.2 Å². The number of alkyl halides is 3. The molecule has 0 radical (unpaired) electrons. The maximum atomic E-state index is 13.0. The monoisotopic (exact) mass is 422 g/mol. The fourth-order valence-corrected chi connectivity index (χ4v) is 3.13. The number of rotatable bonds is 2. The van der Waals surface area contributed by atoms with Crippen LogP contribution in [-0.4, -0.2) is 35.7 Å². The van der Waals surface area contributed by atoms with E-state index in [9.17, 15) is 18.0 Å². The molecule has 4 nitrogen and oxygen atoms in total. The first-order valence-electron chi connectivity index (χ1n) is 8.07. The summed E-state index contributed by atoms with van der Waals surface area (Å²) in [5.74, 6) is 0. The summed E-state index contributed by atoms with van der Waals surface area (Å²) in [7, 11) is 0. The van der Waals surface area contributed by atoms with E-state index in [1.54, 1.807) is 31.7 Å². The fourth-order valence-electron chi connectivity index (χ4n) is 2.66. The van der Waals surface area contributed by atoms with Crippen LogP contribution in [-0.2, 0) is 10.9 Å². The number of hydrogen-bond donors (Lipinski definition) is 1. The molecule has 1 saturated heterocycles. The van der Waals surface area contributed by atoms with Gasteiger partial charge in [-0.15, -0.1) is 0 Å². The Hall–Kier alpha value is -1.44. The number of benzene rings is 1. The van der Waals surface area contributed by atoms with Crippen molar-refractivity contribution in [2.24, 2.45) is 0 Å². The zero-order chi connectivity index (χ0) is 18.8. The van der Waals surface area contributed by atoms with E-state index in [0.29, 0.717) is 18.8 Å². The van der Waals surface area contributed by atoms with Crippen molar-refractivity contribution >= 4 is 27.7 Å². The molecular weight excluding hydrogens is 401 g/mol. The number of nitrogens with one attached hydrogen (secondary N) is 1. The first-order valence-corrected chi connectivity index (χ1v) is 8.86.